The normalized spacial score (nSPS) is 10.5. The molecule has 6 heteroatoms. The van der Waals surface area contributed by atoms with Crippen LogP contribution in [0.25, 0.3) is 0 Å². The van der Waals surface area contributed by atoms with Gasteiger partial charge in [0, 0.05) is 17.1 Å². The predicted octanol–water partition coefficient (Wildman–Crippen LogP) is 3.79. The van der Waals surface area contributed by atoms with Gasteiger partial charge in [-0.3, -0.25) is 0 Å². The van der Waals surface area contributed by atoms with Gasteiger partial charge >= 0.3 is 0 Å². The van der Waals surface area contributed by atoms with Crippen LogP contribution in [0.2, 0.25) is 5.02 Å². The van der Waals surface area contributed by atoms with Gasteiger partial charge in [0.25, 0.3) is 0 Å². The van der Waals surface area contributed by atoms with Crippen molar-refractivity contribution in [1.29, 1.82) is 0 Å². The molecule has 0 fully saturated rings. The maximum absolute atomic E-state index is 6.07. The molecule has 0 spiro atoms. The van der Waals surface area contributed by atoms with Crippen LogP contribution in [0.5, 0.6) is 11.6 Å². The van der Waals surface area contributed by atoms with E-state index >= 15 is 0 Å². The lowest BCUT2D eigenvalue weighted by Gasteiger charge is -2.07. The maximum atomic E-state index is 6.07. The van der Waals surface area contributed by atoms with Gasteiger partial charge < -0.3 is 10.1 Å². The van der Waals surface area contributed by atoms with E-state index in [9.17, 15) is 0 Å². The first-order valence-electron chi connectivity index (χ1n) is 5.85. The zero-order valence-electron chi connectivity index (χ0n) is 10.4. The first-order valence-corrected chi connectivity index (χ1v) is 7.02. The second-order valence-corrected chi connectivity index (χ2v) is 5.14. The molecule has 1 aromatic carbocycles. The third kappa shape index (κ3) is 4.16. The Bertz CT molecular complexity index is 548. The molecule has 1 aromatic heterocycles. The summed E-state index contributed by atoms with van der Waals surface area (Å²) in [6.45, 7) is 3.64. The minimum Gasteiger partial charge on any atom is -0.436 e. The summed E-state index contributed by atoms with van der Waals surface area (Å²) in [5.74, 6) is 0.975. The quantitative estimate of drug-likeness (QED) is 0.898. The number of hydrogen-bond acceptors (Lipinski definition) is 4. The lowest BCUT2D eigenvalue weighted by molar-refractivity contribution is 0.453. The Morgan fingerprint density at radius 1 is 1.26 bits per heavy atom. The maximum Gasteiger partial charge on any atom is 0.238 e. The number of hydrogen-bond donors (Lipinski definition) is 1. The summed E-state index contributed by atoms with van der Waals surface area (Å²) < 4.78 is 6.48. The highest BCUT2D eigenvalue weighted by Gasteiger charge is 2.05. The van der Waals surface area contributed by atoms with Crippen LogP contribution in [0.4, 0.5) is 0 Å². The van der Waals surface area contributed by atoms with Crippen molar-refractivity contribution in [1.82, 2.24) is 15.5 Å². The Morgan fingerprint density at radius 3 is 2.74 bits per heavy atom. The fourth-order valence-corrected chi connectivity index (χ4v) is 2.13. The van der Waals surface area contributed by atoms with E-state index in [-0.39, 0.29) is 0 Å². The van der Waals surface area contributed by atoms with Crippen molar-refractivity contribution in [3.05, 3.63) is 45.5 Å². The van der Waals surface area contributed by atoms with Crippen molar-refractivity contribution in [3.63, 3.8) is 0 Å². The van der Waals surface area contributed by atoms with Crippen molar-refractivity contribution in [2.24, 2.45) is 0 Å². The Labute approximate surface area is 125 Å². The third-order valence-corrected chi connectivity index (χ3v) is 3.15. The van der Waals surface area contributed by atoms with Crippen LogP contribution < -0.4 is 10.1 Å². The summed E-state index contributed by atoms with van der Waals surface area (Å²) in [7, 11) is 0. The zero-order valence-corrected chi connectivity index (χ0v) is 12.7. The number of halogens is 2. The van der Waals surface area contributed by atoms with Crippen LogP contribution in [-0.2, 0) is 6.54 Å². The van der Waals surface area contributed by atoms with E-state index < -0.39 is 0 Å². The van der Waals surface area contributed by atoms with Crippen LogP contribution in [-0.4, -0.2) is 16.7 Å². The fourth-order valence-electron chi connectivity index (χ4n) is 1.42. The molecule has 1 N–H and O–H groups in total. The zero-order chi connectivity index (χ0) is 13.7. The first kappa shape index (κ1) is 14.2. The molecular formula is C13H13BrClN3O. The second-order valence-electron chi connectivity index (χ2n) is 3.82. The van der Waals surface area contributed by atoms with Crippen LogP contribution in [0.3, 0.4) is 0 Å². The van der Waals surface area contributed by atoms with Crippen molar-refractivity contribution in [2.75, 3.05) is 6.54 Å². The predicted molar refractivity (Wildman–Crippen MR) is 78.6 cm³/mol. The highest BCUT2D eigenvalue weighted by Crippen LogP contribution is 2.30. The molecule has 0 aliphatic heterocycles. The summed E-state index contributed by atoms with van der Waals surface area (Å²) in [6.07, 6.45) is 0. The van der Waals surface area contributed by atoms with E-state index in [4.69, 9.17) is 16.3 Å². The molecule has 0 aliphatic carbocycles. The van der Waals surface area contributed by atoms with Crippen LogP contribution in [0.15, 0.2) is 34.8 Å². The van der Waals surface area contributed by atoms with Gasteiger partial charge in [-0.2, -0.15) is 5.10 Å². The van der Waals surface area contributed by atoms with Gasteiger partial charge in [-0.15, -0.1) is 5.10 Å². The number of aromatic nitrogens is 2. The molecule has 0 saturated carbocycles. The number of nitrogens with one attached hydrogen (secondary N) is 1. The van der Waals surface area contributed by atoms with Gasteiger partial charge in [0.05, 0.1) is 10.7 Å². The monoisotopic (exact) mass is 341 g/mol. The van der Waals surface area contributed by atoms with Gasteiger partial charge in [-0.1, -0.05) is 34.5 Å². The first-order chi connectivity index (χ1) is 9.19. The molecule has 0 saturated heterocycles. The van der Waals surface area contributed by atoms with Crippen molar-refractivity contribution in [3.8, 4) is 11.6 Å². The molecule has 0 amide bonds. The third-order valence-electron chi connectivity index (χ3n) is 2.36. The summed E-state index contributed by atoms with van der Waals surface area (Å²) in [6, 6.07) is 9.05. The molecule has 0 radical (unpaired) electrons. The molecular weight excluding hydrogens is 330 g/mol. The largest absolute Gasteiger partial charge is 0.436 e. The van der Waals surface area contributed by atoms with E-state index in [1.807, 2.05) is 19.1 Å². The molecule has 19 heavy (non-hydrogen) atoms. The molecule has 0 bridgehead atoms. The van der Waals surface area contributed by atoms with Crippen molar-refractivity contribution in [2.45, 2.75) is 13.5 Å². The summed E-state index contributed by atoms with van der Waals surface area (Å²) in [5.41, 5.74) is 0.871. The fraction of sp³-hybridized carbons (Fsp3) is 0.231. The topological polar surface area (TPSA) is 47.0 Å². The Hall–Kier alpha value is -1.17. The van der Waals surface area contributed by atoms with Crippen LogP contribution >= 0.6 is 27.5 Å². The van der Waals surface area contributed by atoms with E-state index in [0.29, 0.717) is 23.2 Å². The van der Waals surface area contributed by atoms with E-state index in [1.165, 1.54) is 0 Å². The second kappa shape index (κ2) is 6.84. The Morgan fingerprint density at radius 2 is 2.11 bits per heavy atom. The molecule has 1 heterocycles. The number of nitrogens with zero attached hydrogens (tertiary/aromatic N) is 2. The van der Waals surface area contributed by atoms with E-state index in [1.54, 1.807) is 18.2 Å². The Kier molecular flexibility index (Phi) is 5.13. The highest BCUT2D eigenvalue weighted by atomic mass is 79.9. The molecule has 2 aromatic rings. The minimum absolute atomic E-state index is 0.421. The lowest BCUT2D eigenvalue weighted by atomic mass is 10.3. The standard InChI is InChI=1S/C13H13BrClN3O/c1-2-16-8-10-4-6-13(18-17-10)19-12-5-3-9(14)7-11(12)15/h3-7,16H,2,8H2,1H3. The van der Waals surface area contributed by atoms with Gasteiger partial charge in [0.2, 0.25) is 5.88 Å². The van der Waals surface area contributed by atoms with Crippen LogP contribution in [0, 0.1) is 0 Å². The van der Waals surface area contributed by atoms with E-state index in [2.05, 4.69) is 31.4 Å². The molecule has 0 unspecified atom stereocenters. The van der Waals surface area contributed by atoms with Gasteiger partial charge in [-0.05, 0) is 30.8 Å². The minimum atomic E-state index is 0.421. The molecule has 100 valence electrons. The van der Waals surface area contributed by atoms with Gasteiger partial charge in [-0.25, -0.2) is 0 Å². The molecule has 4 nitrogen and oxygen atoms in total. The smallest absolute Gasteiger partial charge is 0.238 e. The van der Waals surface area contributed by atoms with Crippen molar-refractivity contribution >= 4 is 27.5 Å². The number of benzene rings is 1. The van der Waals surface area contributed by atoms with Gasteiger partial charge in [0.15, 0.2) is 0 Å². The molecule has 0 atom stereocenters. The summed E-state index contributed by atoms with van der Waals surface area (Å²) in [5, 5.41) is 11.8. The van der Waals surface area contributed by atoms with Gasteiger partial charge in [0.1, 0.15) is 5.75 Å². The lowest BCUT2D eigenvalue weighted by Crippen LogP contribution is -2.13. The summed E-state index contributed by atoms with van der Waals surface area (Å²) >= 11 is 9.41. The molecule has 0 aliphatic rings. The number of rotatable bonds is 5. The average Bonchev–Trinajstić information content (AvgIpc) is 2.41. The number of ether oxygens (including phenoxy) is 1. The molecule has 2 rings (SSSR count). The van der Waals surface area contributed by atoms with Crippen molar-refractivity contribution < 1.29 is 4.74 Å². The average molecular weight is 343 g/mol. The Balaban J connectivity index is 2.06. The van der Waals surface area contributed by atoms with E-state index in [0.717, 1.165) is 16.7 Å². The highest BCUT2D eigenvalue weighted by molar-refractivity contribution is 9.10. The SMILES string of the molecule is CCNCc1ccc(Oc2ccc(Br)cc2Cl)nn1. The van der Waals surface area contributed by atoms with Crippen LogP contribution in [0.1, 0.15) is 12.6 Å². The summed E-state index contributed by atoms with van der Waals surface area (Å²) in [4.78, 5) is 0.